The van der Waals surface area contributed by atoms with Gasteiger partial charge in [0.1, 0.15) is 11.2 Å². The van der Waals surface area contributed by atoms with Crippen molar-refractivity contribution in [2.45, 2.75) is 13.0 Å². The van der Waals surface area contributed by atoms with Gasteiger partial charge in [0.2, 0.25) is 0 Å². The van der Waals surface area contributed by atoms with Gasteiger partial charge in [-0.15, -0.1) is 12.4 Å². The highest BCUT2D eigenvalue weighted by atomic mass is 35.5. The van der Waals surface area contributed by atoms with Gasteiger partial charge in [0, 0.05) is 56.1 Å². The van der Waals surface area contributed by atoms with Crippen LogP contribution >= 0.6 is 12.4 Å². The van der Waals surface area contributed by atoms with E-state index in [0.717, 1.165) is 25.3 Å². The highest BCUT2D eigenvalue weighted by Crippen LogP contribution is 2.24. The summed E-state index contributed by atoms with van der Waals surface area (Å²) in [6.45, 7) is 4.76. The minimum atomic E-state index is -0.468. The Labute approximate surface area is 177 Å². The smallest absolute Gasteiger partial charge is 0.355 e. The van der Waals surface area contributed by atoms with Crippen molar-refractivity contribution in [1.29, 1.82) is 0 Å². The van der Waals surface area contributed by atoms with Gasteiger partial charge in [0.15, 0.2) is 11.6 Å². The van der Waals surface area contributed by atoms with Gasteiger partial charge in [-0.2, -0.15) is 10.1 Å². The third-order valence-corrected chi connectivity index (χ3v) is 5.21. The summed E-state index contributed by atoms with van der Waals surface area (Å²) < 4.78 is 17.4. The van der Waals surface area contributed by atoms with Crippen LogP contribution in [-0.4, -0.2) is 49.8 Å². The maximum Gasteiger partial charge on any atom is 0.355 e. The molecular weight excluding hydrogens is 409 g/mol. The molecular formula is C20H21ClFN7O. The lowest BCUT2D eigenvalue weighted by molar-refractivity contribution is 0.484. The topological polar surface area (TPSA) is 80.4 Å². The van der Waals surface area contributed by atoms with E-state index in [1.165, 1.54) is 10.5 Å². The van der Waals surface area contributed by atoms with Crippen LogP contribution in [0, 0.1) is 5.82 Å². The van der Waals surface area contributed by atoms with Crippen LogP contribution in [0.1, 0.15) is 6.92 Å². The Bertz CT molecular complexity index is 1300. The largest absolute Gasteiger partial charge is 0.368 e. The van der Waals surface area contributed by atoms with Gasteiger partial charge >= 0.3 is 5.69 Å². The average molecular weight is 430 g/mol. The predicted molar refractivity (Wildman–Crippen MR) is 116 cm³/mol. The van der Waals surface area contributed by atoms with Crippen LogP contribution in [0.25, 0.3) is 27.9 Å². The zero-order valence-electron chi connectivity index (χ0n) is 16.5. The Kier molecular flexibility index (Phi) is 5.17. The highest BCUT2D eigenvalue weighted by Gasteiger charge is 2.17. The summed E-state index contributed by atoms with van der Waals surface area (Å²) in [6.07, 6.45) is 3.49. The Hall–Kier alpha value is -3.04. The van der Waals surface area contributed by atoms with E-state index in [4.69, 9.17) is 0 Å². The van der Waals surface area contributed by atoms with Crippen LogP contribution in [0.2, 0.25) is 0 Å². The summed E-state index contributed by atoms with van der Waals surface area (Å²) in [5, 5.41) is 8.14. The van der Waals surface area contributed by atoms with Crippen LogP contribution < -0.4 is 15.9 Å². The second kappa shape index (κ2) is 7.66. The first-order valence-electron chi connectivity index (χ1n) is 9.50. The van der Waals surface area contributed by atoms with Gasteiger partial charge in [-0.3, -0.25) is 4.68 Å². The summed E-state index contributed by atoms with van der Waals surface area (Å²) in [6, 6.07) is 7.19. The van der Waals surface area contributed by atoms with Crippen molar-refractivity contribution < 1.29 is 4.39 Å². The summed E-state index contributed by atoms with van der Waals surface area (Å²) in [5.74, 6) is -0.270. The number of nitrogens with one attached hydrogen (secondary N) is 1. The number of hydrogen-bond acceptors (Lipinski definition) is 6. The Morgan fingerprint density at radius 1 is 1.20 bits per heavy atom. The average Bonchev–Trinajstić information content (AvgIpc) is 3.08. The third-order valence-electron chi connectivity index (χ3n) is 5.21. The lowest BCUT2D eigenvalue weighted by Gasteiger charge is -2.33. The van der Waals surface area contributed by atoms with Gasteiger partial charge in [-0.1, -0.05) is 0 Å². The quantitative estimate of drug-likeness (QED) is 0.525. The van der Waals surface area contributed by atoms with Crippen molar-refractivity contribution in [2.75, 3.05) is 24.5 Å². The number of rotatable bonds is 2. The molecule has 1 unspecified atom stereocenters. The number of fused-ring (bicyclic) bond motifs is 2. The van der Waals surface area contributed by atoms with Crippen molar-refractivity contribution in [3.8, 4) is 11.4 Å². The van der Waals surface area contributed by atoms with Crippen molar-refractivity contribution in [1.82, 2.24) is 29.5 Å². The minimum absolute atomic E-state index is 0. The third kappa shape index (κ3) is 3.50. The molecule has 156 valence electrons. The molecule has 30 heavy (non-hydrogen) atoms. The molecule has 0 spiro atoms. The van der Waals surface area contributed by atoms with Crippen LogP contribution in [0.15, 0.2) is 41.5 Å². The van der Waals surface area contributed by atoms with Crippen molar-refractivity contribution in [3.63, 3.8) is 0 Å². The van der Waals surface area contributed by atoms with Crippen molar-refractivity contribution >= 4 is 34.6 Å². The van der Waals surface area contributed by atoms with E-state index in [1.807, 2.05) is 6.07 Å². The molecule has 1 saturated heterocycles. The number of halogens is 2. The lowest BCUT2D eigenvalue weighted by atomic mass is 10.1. The first-order chi connectivity index (χ1) is 14.0. The number of aromatic nitrogens is 5. The maximum atomic E-state index is 14.4. The zero-order valence-corrected chi connectivity index (χ0v) is 17.4. The van der Waals surface area contributed by atoms with Crippen molar-refractivity contribution in [3.05, 3.63) is 53.0 Å². The minimum Gasteiger partial charge on any atom is -0.368 e. The fourth-order valence-corrected chi connectivity index (χ4v) is 3.83. The van der Waals surface area contributed by atoms with Gasteiger partial charge in [0.05, 0.1) is 5.69 Å². The predicted octanol–water partition coefficient (Wildman–Crippen LogP) is 2.00. The molecule has 0 bridgehead atoms. The lowest BCUT2D eigenvalue weighted by Crippen LogP contribution is -2.49. The molecule has 0 radical (unpaired) electrons. The van der Waals surface area contributed by atoms with E-state index in [-0.39, 0.29) is 23.7 Å². The number of benzene rings is 1. The number of pyridine rings is 1. The number of hydrogen-bond donors (Lipinski definition) is 1. The maximum absolute atomic E-state index is 14.4. The number of piperazine rings is 1. The van der Waals surface area contributed by atoms with Crippen LogP contribution in [0.5, 0.6) is 0 Å². The standard InChI is InChI=1S/C20H20FN7O.ClH/c1-12-9-27(6-5-22-12)15-3-4-17-23-19(24-20(29)28(17)11-15)13-7-14-10-26(2)25-18(14)16(21)8-13;/h3-4,7-8,10-12,22H,5-6,9H2,1-2H3;1H. The summed E-state index contributed by atoms with van der Waals surface area (Å²) in [5.41, 5.74) is 1.71. The van der Waals surface area contributed by atoms with E-state index in [2.05, 4.69) is 32.2 Å². The van der Waals surface area contributed by atoms with Crippen molar-refractivity contribution in [2.24, 2.45) is 7.05 Å². The van der Waals surface area contributed by atoms with E-state index < -0.39 is 11.5 Å². The molecule has 4 aromatic rings. The molecule has 0 amide bonds. The number of anilines is 1. The van der Waals surface area contributed by atoms with Crippen LogP contribution in [0.4, 0.5) is 10.1 Å². The normalized spacial score (nSPS) is 16.8. The Morgan fingerprint density at radius 3 is 2.83 bits per heavy atom. The Morgan fingerprint density at radius 2 is 2.03 bits per heavy atom. The van der Waals surface area contributed by atoms with Gasteiger partial charge in [0.25, 0.3) is 0 Å². The molecule has 4 heterocycles. The van der Waals surface area contributed by atoms with Crippen LogP contribution in [0.3, 0.4) is 0 Å². The van der Waals surface area contributed by atoms with Gasteiger partial charge in [-0.25, -0.2) is 18.6 Å². The molecule has 10 heteroatoms. The van der Waals surface area contributed by atoms with E-state index in [0.29, 0.717) is 22.6 Å². The molecule has 0 aliphatic carbocycles. The fraction of sp³-hybridized carbons (Fsp3) is 0.300. The van der Waals surface area contributed by atoms with Gasteiger partial charge < -0.3 is 10.2 Å². The second-order valence-electron chi connectivity index (χ2n) is 7.45. The summed E-state index contributed by atoms with van der Waals surface area (Å²) >= 11 is 0. The molecule has 1 aliphatic rings. The molecule has 1 aromatic carbocycles. The fourth-order valence-electron chi connectivity index (χ4n) is 3.83. The molecule has 3 aromatic heterocycles. The highest BCUT2D eigenvalue weighted by molar-refractivity contribution is 5.85. The first kappa shape index (κ1) is 20.2. The molecule has 1 fully saturated rings. The molecule has 5 rings (SSSR count). The first-order valence-corrected chi connectivity index (χ1v) is 9.50. The van der Waals surface area contributed by atoms with E-state index in [1.54, 1.807) is 36.3 Å². The van der Waals surface area contributed by atoms with Gasteiger partial charge in [-0.05, 0) is 31.2 Å². The molecule has 8 nitrogen and oxygen atoms in total. The summed E-state index contributed by atoms with van der Waals surface area (Å²) in [4.78, 5) is 23.5. The molecule has 0 saturated carbocycles. The zero-order chi connectivity index (χ0) is 20.1. The van der Waals surface area contributed by atoms with E-state index >= 15 is 0 Å². The molecule has 1 aliphatic heterocycles. The summed E-state index contributed by atoms with van der Waals surface area (Å²) in [7, 11) is 1.73. The molecule has 1 atom stereocenters. The number of nitrogens with zero attached hydrogens (tertiary/aromatic N) is 6. The molecule has 1 N–H and O–H groups in total. The SMILES string of the molecule is CC1CN(c2ccc3nc(-c4cc(F)c5nn(C)cc5c4)nc(=O)n3c2)CCN1.Cl. The van der Waals surface area contributed by atoms with Crippen LogP contribution in [-0.2, 0) is 7.05 Å². The van der Waals surface area contributed by atoms with E-state index in [9.17, 15) is 9.18 Å². The monoisotopic (exact) mass is 429 g/mol. The number of aryl methyl sites for hydroxylation is 1. The second-order valence-corrected chi connectivity index (χ2v) is 7.45. The Balaban J connectivity index is 0.00000218.